The van der Waals surface area contributed by atoms with E-state index in [1.54, 1.807) is 18.0 Å². The van der Waals surface area contributed by atoms with Crippen molar-refractivity contribution >= 4 is 23.5 Å². The lowest BCUT2D eigenvalue weighted by Crippen LogP contribution is -2.45. The summed E-state index contributed by atoms with van der Waals surface area (Å²) < 4.78 is 5.33. The molecule has 0 bridgehead atoms. The van der Waals surface area contributed by atoms with Gasteiger partial charge in [0.2, 0.25) is 5.88 Å². The van der Waals surface area contributed by atoms with E-state index < -0.39 is 11.6 Å². The average Bonchev–Trinajstić information content (AvgIpc) is 2.46. The Labute approximate surface area is 143 Å². The van der Waals surface area contributed by atoms with Gasteiger partial charge in [-0.2, -0.15) is 0 Å². The van der Waals surface area contributed by atoms with Gasteiger partial charge in [0.25, 0.3) is 0 Å². The predicted octanol–water partition coefficient (Wildman–Crippen LogP) is 5.05. The van der Waals surface area contributed by atoms with Crippen LogP contribution in [0, 0.1) is 0 Å². The maximum Gasteiger partial charge on any atom is 0.412 e. The number of rotatable bonds is 8. The fraction of sp³-hybridized carbons (Fsp3) is 0.647. The number of nitrogens with zero attached hydrogens (tertiary/aromatic N) is 2. The molecule has 0 saturated carbocycles. The standard InChI is InChI=1S/C17H28N2O3S/c1-6-7-8-9-12-23-13-10-11-18-15(22-5)14(13)19(16(20)21)17(2,3)4/h10-11H,6-9,12H2,1-5H3,(H,20,21). The number of amides is 1. The maximum atomic E-state index is 11.8. The number of unbranched alkanes of at least 4 members (excludes halogenated alkanes) is 3. The van der Waals surface area contributed by atoms with Crippen molar-refractivity contribution in [2.75, 3.05) is 17.8 Å². The second-order valence-electron chi connectivity index (χ2n) is 6.36. The Morgan fingerprint density at radius 3 is 2.57 bits per heavy atom. The van der Waals surface area contributed by atoms with Crippen LogP contribution in [-0.2, 0) is 0 Å². The van der Waals surface area contributed by atoms with Crippen LogP contribution in [0.4, 0.5) is 10.5 Å². The highest BCUT2D eigenvalue weighted by atomic mass is 32.2. The lowest BCUT2D eigenvalue weighted by atomic mass is 10.1. The smallest absolute Gasteiger partial charge is 0.412 e. The largest absolute Gasteiger partial charge is 0.479 e. The highest BCUT2D eigenvalue weighted by Crippen LogP contribution is 2.40. The maximum absolute atomic E-state index is 11.8. The molecule has 0 atom stereocenters. The minimum Gasteiger partial charge on any atom is -0.479 e. The van der Waals surface area contributed by atoms with Crippen LogP contribution in [0.15, 0.2) is 17.2 Å². The highest BCUT2D eigenvalue weighted by Gasteiger charge is 2.33. The van der Waals surface area contributed by atoms with E-state index in [0.29, 0.717) is 11.6 Å². The second kappa shape index (κ2) is 9.01. The highest BCUT2D eigenvalue weighted by molar-refractivity contribution is 7.99. The first-order valence-corrected chi connectivity index (χ1v) is 9.00. The van der Waals surface area contributed by atoms with Gasteiger partial charge in [-0.3, -0.25) is 4.90 Å². The van der Waals surface area contributed by atoms with Crippen LogP contribution >= 0.6 is 11.8 Å². The van der Waals surface area contributed by atoms with Gasteiger partial charge in [-0.15, -0.1) is 11.8 Å². The summed E-state index contributed by atoms with van der Waals surface area (Å²) in [6.07, 6.45) is 5.41. The molecule has 1 aromatic heterocycles. The average molecular weight is 340 g/mol. The summed E-state index contributed by atoms with van der Waals surface area (Å²) in [6, 6.07) is 1.87. The number of carboxylic acid groups (broad SMARTS) is 1. The third-order valence-corrected chi connectivity index (χ3v) is 4.52. The number of ether oxygens (including phenoxy) is 1. The lowest BCUT2D eigenvalue weighted by molar-refractivity contribution is 0.195. The Kier molecular flexibility index (Phi) is 7.68. The van der Waals surface area contributed by atoms with Crippen molar-refractivity contribution in [1.82, 2.24) is 4.98 Å². The summed E-state index contributed by atoms with van der Waals surface area (Å²) in [4.78, 5) is 18.2. The SMILES string of the molecule is CCCCCCSc1ccnc(OC)c1N(C(=O)O)C(C)(C)C. The normalized spacial score (nSPS) is 11.3. The molecule has 5 nitrogen and oxygen atoms in total. The summed E-state index contributed by atoms with van der Waals surface area (Å²) in [5.41, 5.74) is -0.0462. The number of methoxy groups -OCH3 is 1. The number of pyridine rings is 1. The van der Waals surface area contributed by atoms with Gasteiger partial charge in [-0.05, 0) is 39.0 Å². The van der Waals surface area contributed by atoms with Crippen molar-refractivity contribution in [3.05, 3.63) is 12.3 Å². The van der Waals surface area contributed by atoms with Crippen molar-refractivity contribution in [3.8, 4) is 5.88 Å². The summed E-state index contributed by atoms with van der Waals surface area (Å²) in [5.74, 6) is 1.30. The van der Waals surface area contributed by atoms with Gasteiger partial charge < -0.3 is 9.84 Å². The molecule has 0 aliphatic carbocycles. The second-order valence-corrected chi connectivity index (χ2v) is 7.50. The van der Waals surface area contributed by atoms with Crippen LogP contribution in [0.1, 0.15) is 53.4 Å². The van der Waals surface area contributed by atoms with Gasteiger partial charge in [0.15, 0.2) is 0 Å². The monoisotopic (exact) mass is 340 g/mol. The number of anilines is 1. The van der Waals surface area contributed by atoms with Gasteiger partial charge in [0, 0.05) is 16.6 Å². The first kappa shape index (κ1) is 19.6. The molecule has 0 aliphatic heterocycles. The Bertz CT molecular complexity index is 515. The van der Waals surface area contributed by atoms with Crippen LogP contribution < -0.4 is 9.64 Å². The van der Waals surface area contributed by atoms with E-state index in [4.69, 9.17) is 4.74 Å². The lowest BCUT2D eigenvalue weighted by Gasteiger charge is -2.34. The molecule has 0 aromatic carbocycles. The first-order valence-electron chi connectivity index (χ1n) is 8.01. The van der Waals surface area contributed by atoms with E-state index >= 15 is 0 Å². The van der Waals surface area contributed by atoms with Crippen LogP contribution in [0.5, 0.6) is 5.88 Å². The minimum atomic E-state index is -1.00. The van der Waals surface area contributed by atoms with E-state index in [-0.39, 0.29) is 0 Å². The van der Waals surface area contributed by atoms with Gasteiger partial charge in [0.05, 0.1) is 7.11 Å². The zero-order valence-corrected chi connectivity index (χ0v) is 15.6. The van der Waals surface area contributed by atoms with Crippen molar-refractivity contribution in [2.24, 2.45) is 0 Å². The molecule has 1 aromatic rings. The number of aromatic nitrogens is 1. The van der Waals surface area contributed by atoms with E-state index in [9.17, 15) is 9.90 Å². The van der Waals surface area contributed by atoms with E-state index in [2.05, 4.69) is 11.9 Å². The van der Waals surface area contributed by atoms with Gasteiger partial charge in [-0.1, -0.05) is 26.2 Å². The molecular weight excluding hydrogens is 312 g/mol. The molecule has 6 heteroatoms. The van der Waals surface area contributed by atoms with E-state index in [1.165, 1.54) is 31.3 Å². The molecule has 0 fully saturated rings. The first-order chi connectivity index (χ1) is 10.8. The molecule has 0 saturated heterocycles. The third kappa shape index (κ3) is 5.61. The molecule has 1 amide bonds. The van der Waals surface area contributed by atoms with Crippen LogP contribution in [0.3, 0.4) is 0 Å². The number of thioether (sulfide) groups is 1. The number of hydrogen-bond acceptors (Lipinski definition) is 4. The van der Waals surface area contributed by atoms with E-state index in [0.717, 1.165) is 17.1 Å². The van der Waals surface area contributed by atoms with Gasteiger partial charge in [-0.25, -0.2) is 9.78 Å². The number of carbonyl (C=O) groups is 1. The minimum absolute atomic E-state index is 0.348. The van der Waals surface area contributed by atoms with Crippen molar-refractivity contribution in [3.63, 3.8) is 0 Å². The Morgan fingerprint density at radius 1 is 1.35 bits per heavy atom. The zero-order valence-electron chi connectivity index (χ0n) is 14.8. The fourth-order valence-corrected chi connectivity index (χ4v) is 3.36. The summed E-state index contributed by atoms with van der Waals surface area (Å²) >= 11 is 1.66. The summed E-state index contributed by atoms with van der Waals surface area (Å²) in [7, 11) is 1.52. The molecule has 1 heterocycles. The van der Waals surface area contributed by atoms with Crippen LogP contribution in [0.2, 0.25) is 0 Å². The molecule has 1 N–H and O–H groups in total. The zero-order chi connectivity index (χ0) is 17.5. The molecule has 0 spiro atoms. The van der Waals surface area contributed by atoms with Gasteiger partial charge in [0.1, 0.15) is 5.69 Å². The predicted molar refractivity (Wildman–Crippen MR) is 95.9 cm³/mol. The Hall–Kier alpha value is -1.43. The Balaban J connectivity index is 3.09. The fourth-order valence-electron chi connectivity index (χ4n) is 2.32. The summed E-state index contributed by atoms with van der Waals surface area (Å²) in [6.45, 7) is 7.78. The van der Waals surface area contributed by atoms with Crippen LogP contribution in [-0.4, -0.2) is 34.6 Å². The van der Waals surface area contributed by atoms with E-state index in [1.807, 2.05) is 26.8 Å². The Morgan fingerprint density at radius 2 is 2.04 bits per heavy atom. The molecule has 23 heavy (non-hydrogen) atoms. The molecule has 0 radical (unpaired) electrons. The number of hydrogen-bond donors (Lipinski definition) is 1. The molecule has 0 unspecified atom stereocenters. The molecule has 1 rings (SSSR count). The van der Waals surface area contributed by atoms with Gasteiger partial charge >= 0.3 is 6.09 Å². The molecular formula is C17H28N2O3S. The molecule has 0 aliphatic rings. The summed E-state index contributed by atoms with van der Waals surface area (Å²) in [5, 5.41) is 9.68. The quantitative estimate of drug-likeness (QED) is 0.530. The topological polar surface area (TPSA) is 62.7 Å². The van der Waals surface area contributed by atoms with Crippen LogP contribution in [0.25, 0.3) is 0 Å². The molecule has 130 valence electrons. The van der Waals surface area contributed by atoms with Crippen molar-refractivity contribution in [2.45, 2.75) is 63.8 Å². The van der Waals surface area contributed by atoms with Crippen molar-refractivity contribution in [1.29, 1.82) is 0 Å². The third-order valence-electron chi connectivity index (χ3n) is 3.39. The van der Waals surface area contributed by atoms with Crippen molar-refractivity contribution < 1.29 is 14.6 Å².